The molecule has 0 spiro atoms. The molecule has 0 saturated carbocycles. The van der Waals surface area contributed by atoms with Gasteiger partial charge >= 0.3 is 5.97 Å². The summed E-state index contributed by atoms with van der Waals surface area (Å²) in [7, 11) is -3.56. The fraction of sp³-hybridized carbons (Fsp3) is 0.417. The van der Waals surface area contributed by atoms with Gasteiger partial charge in [0.05, 0.1) is 10.5 Å². The first-order valence-corrected chi connectivity index (χ1v) is 12.3. The van der Waals surface area contributed by atoms with Crippen molar-refractivity contribution in [1.82, 2.24) is 9.21 Å². The largest absolute Gasteiger partial charge is 0.452 e. The molecule has 3 rings (SSSR count). The minimum absolute atomic E-state index is 0.0549. The Labute approximate surface area is 190 Å². The Hall–Kier alpha value is -2.71. The number of hydrogen-bond donors (Lipinski definition) is 0. The molecule has 2 aromatic rings. The highest BCUT2D eigenvalue weighted by Crippen LogP contribution is 2.21. The van der Waals surface area contributed by atoms with E-state index in [1.54, 1.807) is 4.90 Å². The first kappa shape index (κ1) is 23.9. The van der Waals surface area contributed by atoms with Gasteiger partial charge in [0, 0.05) is 25.7 Å². The molecule has 172 valence electrons. The summed E-state index contributed by atoms with van der Waals surface area (Å²) in [6.45, 7) is 4.90. The molecule has 1 heterocycles. The van der Waals surface area contributed by atoms with E-state index in [4.69, 9.17) is 4.74 Å². The number of amides is 1. The smallest absolute Gasteiger partial charge is 0.338 e. The van der Waals surface area contributed by atoms with Crippen LogP contribution in [0.2, 0.25) is 0 Å². The van der Waals surface area contributed by atoms with Gasteiger partial charge in [0.15, 0.2) is 6.61 Å². The number of hydrogen-bond acceptors (Lipinski definition) is 5. The van der Waals surface area contributed by atoms with E-state index in [1.807, 2.05) is 44.2 Å². The van der Waals surface area contributed by atoms with Crippen molar-refractivity contribution in [3.8, 4) is 0 Å². The minimum Gasteiger partial charge on any atom is -0.452 e. The maximum absolute atomic E-state index is 12.7. The number of rotatable bonds is 8. The molecule has 0 bridgehead atoms. The summed E-state index contributed by atoms with van der Waals surface area (Å²) >= 11 is 0. The van der Waals surface area contributed by atoms with Gasteiger partial charge in [-0.1, -0.05) is 36.8 Å². The summed E-state index contributed by atoms with van der Waals surface area (Å²) < 4.78 is 32.2. The van der Waals surface area contributed by atoms with Gasteiger partial charge in [-0.3, -0.25) is 4.79 Å². The summed E-state index contributed by atoms with van der Waals surface area (Å²) in [6, 6.07) is 15.2. The Bertz CT molecular complexity index is 1010. The fourth-order valence-corrected chi connectivity index (χ4v) is 5.17. The lowest BCUT2D eigenvalue weighted by molar-refractivity contribution is -0.136. The molecule has 8 heteroatoms. The maximum atomic E-state index is 12.7. The molecule has 1 saturated heterocycles. The van der Waals surface area contributed by atoms with E-state index in [9.17, 15) is 18.0 Å². The minimum atomic E-state index is -3.56. The molecule has 1 aliphatic heterocycles. The highest BCUT2D eigenvalue weighted by Gasteiger charge is 2.26. The normalized spacial score (nSPS) is 14.8. The van der Waals surface area contributed by atoms with E-state index in [0.717, 1.165) is 24.8 Å². The topological polar surface area (TPSA) is 84.0 Å². The second kappa shape index (κ2) is 10.7. The number of nitrogens with zero attached hydrogens (tertiary/aromatic N) is 2. The zero-order chi connectivity index (χ0) is 23.1. The number of sulfonamides is 1. The molecular weight excluding hydrogens is 428 g/mol. The standard InChI is InChI=1S/C24H30N2O5S/c1-19(2)26(17-20-9-5-3-6-10-20)23(27)18-31-24(28)21-11-13-22(14-12-21)32(29,30)25-15-7-4-8-16-25/h3,5-6,9-14,19H,4,7-8,15-18H2,1-2H3. The van der Waals surface area contributed by atoms with Crippen LogP contribution in [-0.4, -0.2) is 55.2 Å². The van der Waals surface area contributed by atoms with E-state index >= 15 is 0 Å². The molecule has 1 fully saturated rings. The van der Waals surface area contributed by atoms with Crippen LogP contribution in [0.5, 0.6) is 0 Å². The van der Waals surface area contributed by atoms with E-state index in [0.29, 0.717) is 19.6 Å². The number of ether oxygens (including phenoxy) is 1. The van der Waals surface area contributed by atoms with Gasteiger partial charge in [0.2, 0.25) is 10.0 Å². The van der Waals surface area contributed by atoms with Crippen molar-refractivity contribution in [3.05, 3.63) is 65.7 Å². The lowest BCUT2D eigenvalue weighted by Gasteiger charge is -2.26. The number of carbonyl (C=O) groups excluding carboxylic acids is 2. The van der Waals surface area contributed by atoms with Crippen molar-refractivity contribution >= 4 is 21.9 Å². The van der Waals surface area contributed by atoms with Crippen LogP contribution in [0, 0.1) is 0 Å². The van der Waals surface area contributed by atoms with Crippen molar-refractivity contribution < 1.29 is 22.7 Å². The van der Waals surface area contributed by atoms with Crippen LogP contribution >= 0.6 is 0 Å². The third-order valence-corrected chi connectivity index (χ3v) is 7.42. The van der Waals surface area contributed by atoms with Gasteiger partial charge in [-0.25, -0.2) is 13.2 Å². The molecule has 0 aliphatic carbocycles. The van der Waals surface area contributed by atoms with E-state index in [2.05, 4.69) is 0 Å². The van der Waals surface area contributed by atoms with Crippen molar-refractivity contribution in [1.29, 1.82) is 0 Å². The molecule has 1 aliphatic rings. The predicted octanol–water partition coefficient (Wildman–Crippen LogP) is 3.46. The fourth-order valence-electron chi connectivity index (χ4n) is 3.65. The van der Waals surface area contributed by atoms with Crippen LogP contribution in [0.15, 0.2) is 59.5 Å². The predicted molar refractivity (Wildman–Crippen MR) is 121 cm³/mol. The molecule has 32 heavy (non-hydrogen) atoms. The van der Waals surface area contributed by atoms with E-state index in [-0.39, 0.29) is 29.0 Å². The summed E-state index contributed by atoms with van der Waals surface area (Å²) in [5, 5.41) is 0. The van der Waals surface area contributed by atoms with Gasteiger partial charge in [-0.05, 0) is 56.5 Å². The Morgan fingerprint density at radius 2 is 1.59 bits per heavy atom. The molecule has 0 aromatic heterocycles. The molecule has 7 nitrogen and oxygen atoms in total. The third-order valence-electron chi connectivity index (χ3n) is 5.51. The molecule has 0 unspecified atom stereocenters. The van der Waals surface area contributed by atoms with Gasteiger partial charge in [0.1, 0.15) is 0 Å². The molecule has 0 N–H and O–H groups in total. The highest BCUT2D eigenvalue weighted by molar-refractivity contribution is 7.89. The number of esters is 1. The summed E-state index contributed by atoms with van der Waals surface area (Å²) in [5.74, 6) is -0.954. The van der Waals surface area contributed by atoms with Crippen molar-refractivity contribution in [2.45, 2.75) is 50.6 Å². The van der Waals surface area contributed by atoms with Crippen LogP contribution in [0.1, 0.15) is 49.0 Å². The highest BCUT2D eigenvalue weighted by atomic mass is 32.2. The first-order valence-electron chi connectivity index (χ1n) is 10.9. The van der Waals surface area contributed by atoms with Crippen LogP contribution < -0.4 is 0 Å². The lowest BCUT2D eigenvalue weighted by Crippen LogP contribution is -2.39. The van der Waals surface area contributed by atoms with Crippen LogP contribution in [0.25, 0.3) is 0 Å². The van der Waals surface area contributed by atoms with Crippen molar-refractivity contribution in [2.75, 3.05) is 19.7 Å². The summed E-state index contributed by atoms with van der Waals surface area (Å²) in [6.07, 6.45) is 2.75. The second-order valence-electron chi connectivity index (χ2n) is 8.17. The molecule has 1 amide bonds. The summed E-state index contributed by atoms with van der Waals surface area (Å²) in [4.78, 5) is 26.9. The monoisotopic (exact) mass is 458 g/mol. The summed E-state index contributed by atoms with van der Waals surface area (Å²) in [5.41, 5.74) is 1.20. The average Bonchev–Trinajstić information content (AvgIpc) is 2.82. The van der Waals surface area contributed by atoms with Crippen molar-refractivity contribution in [3.63, 3.8) is 0 Å². The lowest BCUT2D eigenvalue weighted by atomic mass is 10.2. The average molecular weight is 459 g/mol. The Balaban J connectivity index is 1.59. The molecule has 2 aromatic carbocycles. The number of benzene rings is 2. The quantitative estimate of drug-likeness (QED) is 0.566. The van der Waals surface area contributed by atoms with E-state index < -0.39 is 16.0 Å². The van der Waals surface area contributed by atoms with Crippen LogP contribution in [-0.2, 0) is 26.1 Å². The maximum Gasteiger partial charge on any atom is 0.338 e. The van der Waals surface area contributed by atoms with Crippen LogP contribution in [0.4, 0.5) is 0 Å². The number of piperidine rings is 1. The SMILES string of the molecule is CC(C)N(Cc1ccccc1)C(=O)COC(=O)c1ccc(S(=O)(=O)N2CCCCC2)cc1. The third kappa shape index (κ3) is 5.95. The van der Waals surface area contributed by atoms with Crippen molar-refractivity contribution in [2.24, 2.45) is 0 Å². The van der Waals surface area contributed by atoms with Gasteiger partial charge in [-0.15, -0.1) is 0 Å². The van der Waals surface area contributed by atoms with Gasteiger partial charge in [0.25, 0.3) is 5.91 Å². The Kier molecular flexibility index (Phi) is 8.04. The van der Waals surface area contributed by atoms with E-state index in [1.165, 1.54) is 28.6 Å². The molecule has 0 atom stereocenters. The van der Waals surface area contributed by atoms with Crippen LogP contribution in [0.3, 0.4) is 0 Å². The molecular formula is C24H30N2O5S. The second-order valence-corrected chi connectivity index (χ2v) is 10.1. The number of carbonyl (C=O) groups is 2. The Morgan fingerprint density at radius 3 is 2.19 bits per heavy atom. The zero-order valence-corrected chi connectivity index (χ0v) is 19.4. The van der Waals surface area contributed by atoms with Gasteiger partial charge in [-0.2, -0.15) is 4.31 Å². The van der Waals surface area contributed by atoms with Gasteiger partial charge < -0.3 is 9.64 Å². The Morgan fingerprint density at radius 1 is 0.969 bits per heavy atom. The molecule has 0 radical (unpaired) electrons. The zero-order valence-electron chi connectivity index (χ0n) is 18.6. The first-order chi connectivity index (χ1) is 15.3.